The average Bonchev–Trinajstić information content (AvgIpc) is 2.54. The van der Waals surface area contributed by atoms with Crippen molar-refractivity contribution in [1.29, 1.82) is 0 Å². The third-order valence-electron chi connectivity index (χ3n) is 4.27. The molecule has 0 bridgehead atoms. The number of hydrogen-bond acceptors (Lipinski definition) is 0. The maximum absolute atomic E-state index is 2.39. The van der Waals surface area contributed by atoms with Crippen molar-refractivity contribution in [3.8, 4) is 0 Å². The molecule has 0 radical (unpaired) electrons. The molecule has 0 aliphatic rings. The first kappa shape index (κ1) is 14.6. The van der Waals surface area contributed by atoms with E-state index in [1.165, 1.54) is 33.4 Å². The van der Waals surface area contributed by atoms with Crippen molar-refractivity contribution in [2.45, 2.75) is 26.7 Å². The summed E-state index contributed by atoms with van der Waals surface area (Å²) in [7, 11) is 0. The Morgan fingerprint density at radius 2 is 0.955 bits per heavy atom. The van der Waals surface area contributed by atoms with Crippen LogP contribution in [0.5, 0.6) is 0 Å². The van der Waals surface area contributed by atoms with Crippen LogP contribution in [0.4, 0.5) is 0 Å². The van der Waals surface area contributed by atoms with Crippen LogP contribution in [0, 0.1) is 13.8 Å². The molecule has 0 unspecified atom stereocenters. The first-order chi connectivity index (χ1) is 10.7. The minimum Gasteiger partial charge on any atom is -0.0622 e. The maximum atomic E-state index is 2.39. The van der Waals surface area contributed by atoms with Gasteiger partial charge in [-0.05, 0) is 60.1 Å². The molecule has 22 heavy (non-hydrogen) atoms. The molecule has 0 amide bonds. The predicted octanol–water partition coefficient (Wildman–Crippen LogP) is 5.49. The first-order valence-electron chi connectivity index (χ1n) is 7.89. The Hall–Kier alpha value is -2.34. The van der Waals surface area contributed by atoms with Crippen LogP contribution in [0.2, 0.25) is 0 Å². The van der Waals surface area contributed by atoms with E-state index < -0.39 is 0 Å². The number of aryl methyl sites for hydroxylation is 2. The topological polar surface area (TPSA) is 0 Å². The quantitative estimate of drug-likeness (QED) is 0.595. The highest BCUT2D eigenvalue weighted by Crippen LogP contribution is 2.21. The summed E-state index contributed by atoms with van der Waals surface area (Å²) in [4.78, 5) is 0. The molecular weight excluding hydrogens is 264 g/mol. The molecule has 0 heteroatoms. The van der Waals surface area contributed by atoms with Gasteiger partial charge in [-0.25, -0.2) is 0 Å². The van der Waals surface area contributed by atoms with Crippen LogP contribution in [0.3, 0.4) is 0 Å². The zero-order valence-corrected chi connectivity index (χ0v) is 13.3. The van der Waals surface area contributed by atoms with Crippen molar-refractivity contribution in [2.75, 3.05) is 0 Å². The van der Waals surface area contributed by atoms with Gasteiger partial charge in [-0.2, -0.15) is 0 Å². The van der Waals surface area contributed by atoms with E-state index in [1.807, 2.05) is 0 Å². The van der Waals surface area contributed by atoms with Crippen LogP contribution in [-0.4, -0.2) is 0 Å². The second kappa shape index (κ2) is 6.62. The van der Waals surface area contributed by atoms with Gasteiger partial charge in [-0.1, -0.05) is 72.8 Å². The van der Waals surface area contributed by atoms with Crippen molar-refractivity contribution < 1.29 is 0 Å². The lowest BCUT2D eigenvalue weighted by Gasteiger charge is -2.13. The summed E-state index contributed by atoms with van der Waals surface area (Å²) < 4.78 is 0. The smallest absolute Gasteiger partial charge is 0.00230 e. The van der Waals surface area contributed by atoms with Crippen LogP contribution < -0.4 is 0 Å². The van der Waals surface area contributed by atoms with Gasteiger partial charge in [0.2, 0.25) is 0 Å². The minimum absolute atomic E-state index is 1.01. The average molecular weight is 286 g/mol. The molecule has 0 aliphatic carbocycles. The molecule has 0 heterocycles. The van der Waals surface area contributed by atoms with Crippen LogP contribution in [0.15, 0.2) is 72.8 Å². The molecule has 0 N–H and O–H groups in total. The monoisotopic (exact) mass is 286 g/mol. The second-order valence-corrected chi connectivity index (χ2v) is 6.03. The lowest BCUT2D eigenvalue weighted by molar-refractivity contribution is 1.09. The molecule has 0 nitrogen and oxygen atoms in total. The summed E-state index contributed by atoms with van der Waals surface area (Å²) in [5.74, 6) is 0. The number of benzene rings is 3. The van der Waals surface area contributed by atoms with Gasteiger partial charge >= 0.3 is 0 Å². The summed E-state index contributed by atoms with van der Waals surface area (Å²) in [6.07, 6.45) is 2.02. The van der Waals surface area contributed by atoms with Gasteiger partial charge in [0, 0.05) is 0 Å². The second-order valence-electron chi connectivity index (χ2n) is 6.03. The fraction of sp³-hybridized carbons (Fsp3) is 0.182. The van der Waals surface area contributed by atoms with Crippen molar-refractivity contribution >= 4 is 0 Å². The lowest BCUT2D eigenvalue weighted by Crippen LogP contribution is -1.98. The van der Waals surface area contributed by atoms with Crippen LogP contribution in [-0.2, 0) is 12.8 Å². The summed E-state index contributed by atoms with van der Waals surface area (Å²) in [6.45, 7) is 4.44. The van der Waals surface area contributed by atoms with E-state index >= 15 is 0 Å². The van der Waals surface area contributed by atoms with E-state index in [0.29, 0.717) is 0 Å². The van der Waals surface area contributed by atoms with Gasteiger partial charge in [-0.15, -0.1) is 0 Å². The molecule has 0 saturated carbocycles. The van der Waals surface area contributed by atoms with E-state index in [9.17, 15) is 0 Å². The van der Waals surface area contributed by atoms with E-state index in [4.69, 9.17) is 0 Å². The van der Waals surface area contributed by atoms with Crippen molar-refractivity contribution in [3.63, 3.8) is 0 Å². The van der Waals surface area contributed by atoms with Crippen LogP contribution >= 0.6 is 0 Å². The minimum atomic E-state index is 1.01. The highest BCUT2D eigenvalue weighted by molar-refractivity contribution is 5.42. The highest BCUT2D eigenvalue weighted by Gasteiger charge is 2.06. The SMILES string of the molecule is Cc1cc(C)c(Cc2ccccc2)cc1Cc1ccccc1. The zero-order chi connectivity index (χ0) is 15.4. The van der Waals surface area contributed by atoms with E-state index in [0.717, 1.165) is 12.8 Å². The molecule has 110 valence electrons. The highest BCUT2D eigenvalue weighted by atomic mass is 14.1. The number of hydrogen-bond donors (Lipinski definition) is 0. The molecule has 0 fully saturated rings. The molecule has 3 aromatic rings. The molecule has 0 spiro atoms. The summed E-state index contributed by atoms with van der Waals surface area (Å²) in [5, 5.41) is 0. The van der Waals surface area contributed by atoms with Crippen molar-refractivity contribution in [2.24, 2.45) is 0 Å². The predicted molar refractivity (Wildman–Crippen MR) is 94.4 cm³/mol. The fourth-order valence-electron chi connectivity index (χ4n) is 2.96. The third-order valence-corrected chi connectivity index (χ3v) is 4.27. The molecular formula is C22H22. The molecule has 0 aliphatic heterocycles. The molecule has 3 aromatic carbocycles. The normalized spacial score (nSPS) is 10.6. The Bertz CT molecular complexity index is 677. The Balaban J connectivity index is 1.90. The Morgan fingerprint density at radius 1 is 0.545 bits per heavy atom. The Labute approximate surface area is 133 Å². The number of rotatable bonds is 4. The van der Waals surface area contributed by atoms with Gasteiger partial charge in [-0.3, -0.25) is 0 Å². The van der Waals surface area contributed by atoms with Gasteiger partial charge in [0.05, 0.1) is 0 Å². The molecule has 0 aromatic heterocycles. The molecule has 3 rings (SSSR count). The molecule has 0 atom stereocenters. The standard InChI is InChI=1S/C22H22/c1-17-13-18(2)22(15-20-11-7-4-8-12-20)16-21(17)14-19-9-5-3-6-10-19/h3-13,16H,14-15H2,1-2H3. The van der Waals surface area contributed by atoms with Crippen LogP contribution in [0.1, 0.15) is 33.4 Å². The maximum Gasteiger partial charge on any atom is -0.00230 e. The van der Waals surface area contributed by atoms with Crippen LogP contribution in [0.25, 0.3) is 0 Å². The van der Waals surface area contributed by atoms with Crippen molar-refractivity contribution in [1.82, 2.24) is 0 Å². The Kier molecular flexibility index (Phi) is 4.39. The summed E-state index contributed by atoms with van der Waals surface area (Å²) in [5.41, 5.74) is 8.39. The fourth-order valence-corrected chi connectivity index (χ4v) is 2.96. The summed E-state index contributed by atoms with van der Waals surface area (Å²) >= 11 is 0. The van der Waals surface area contributed by atoms with Gasteiger partial charge in [0.1, 0.15) is 0 Å². The largest absolute Gasteiger partial charge is 0.0622 e. The van der Waals surface area contributed by atoms with Crippen molar-refractivity contribution in [3.05, 3.63) is 106 Å². The Morgan fingerprint density at radius 3 is 1.36 bits per heavy atom. The van der Waals surface area contributed by atoms with Gasteiger partial charge < -0.3 is 0 Å². The molecule has 0 saturated heterocycles. The van der Waals surface area contributed by atoms with E-state index in [2.05, 4.69) is 86.6 Å². The third kappa shape index (κ3) is 3.46. The summed E-state index contributed by atoms with van der Waals surface area (Å²) in [6, 6.07) is 26.2. The van der Waals surface area contributed by atoms with Gasteiger partial charge in [0.25, 0.3) is 0 Å². The first-order valence-corrected chi connectivity index (χ1v) is 7.89. The van der Waals surface area contributed by atoms with E-state index in [-0.39, 0.29) is 0 Å². The lowest BCUT2D eigenvalue weighted by atomic mass is 9.92. The van der Waals surface area contributed by atoms with Gasteiger partial charge in [0.15, 0.2) is 0 Å². The van der Waals surface area contributed by atoms with E-state index in [1.54, 1.807) is 0 Å². The zero-order valence-electron chi connectivity index (χ0n) is 13.3.